The Hall–Kier alpha value is -0.200. The quantitative estimate of drug-likeness (QED) is 0.772. The molecule has 0 aromatic heterocycles. The van der Waals surface area contributed by atoms with Crippen LogP contribution in [0.1, 0.15) is 32.4 Å². The van der Waals surface area contributed by atoms with Crippen molar-refractivity contribution < 1.29 is 9.47 Å². The van der Waals surface area contributed by atoms with Gasteiger partial charge in [0.05, 0.1) is 0 Å². The Kier molecular flexibility index (Phi) is 7.48. The minimum absolute atomic E-state index is 0. The van der Waals surface area contributed by atoms with Crippen molar-refractivity contribution in [2.24, 2.45) is 5.41 Å². The van der Waals surface area contributed by atoms with Crippen LogP contribution >= 0.6 is 40.7 Å². The summed E-state index contributed by atoms with van der Waals surface area (Å²) in [7, 11) is 0. The number of rotatable bonds is 2. The van der Waals surface area contributed by atoms with Crippen molar-refractivity contribution in [2.45, 2.75) is 26.8 Å². The van der Waals surface area contributed by atoms with E-state index in [1.54, 1.807) is 0 Å². The van der Waals surface area contributed by atoms with Gasteiger partial charge >= 0.3 is 0 Å². The lowest BCUT2D eigenvalue weighted by Crippen LogP contribution is -2.48. The molecule has 4 nitrogen and oxygen atoms in total. The van der Waals surface area contributed by atoms with Crippen molar-refractivity contribution in [1.82, 2.24) is 10.2 Å². The zero-order valence-electron chi connectivity index (χ0n) is 13.7. The highest BCUT2D eigenvalue weighted by Crippen LogP contribution is 2.45. The maximum Gasteiger partial charge on any atom is 0.231 e. The Balaban J connectivity index is 0.00000132. The summed E-state index contributed by atoms with van der Waals surface area (Å²) in [5.41, 5.74) is 1.43. The minimum Gasteiger partial charge on any atom is -0.454 e. The maximum atomic E-state index is 5.57. The molecule has 2 heterocycles. The van der Waals surface area contributed by atoms with E-state index >= 15 is 0 Å². The Morgan fingerprint density at radius 1 is 1.09 bits per heavy atom. The van der Waals surface area contributed by atoms with Gasteiger partial charge in [-0.3, -0.25) is 4.90 Å². The van der Waals surface area contributed by atoms with Gasteiger partial charge in [-0.15, -0.1) is 24.8 Å². The van der Waals surface area contributed by atoms with E-state index in [1.165, 1.54) is 5.56 Å². The van der Waals surface area contributed by atoms with Gasteiger partial charge < -0.3 is 14.8 Å². The number of hydrogen-bond donors (Lipinski definition) is 1. The Bertz CT molecular complexity index is 532. The van der Waals surface area contributed by atoms with Crippen LogP contribution in [-0.2, 0) is 0 Å². The molecule has 2 aliphatic rings. The van der Waals surface area contributed by atoms with Gasteiger partial charge in [0, 0.05) is 36.7 Å². The van der Waals surface area contributed by atoms with E-state index in [1.807, 2.05) is 6.07 Å². The number of hydrogen-bond acceptors (Lipinski definition) is 4. The Labute approximate surface area is 159 Å². The third-order valence-corrected chi connectivity index (χ3v) is 4.81. The number of halogens is 3. The molecule has 1 saturated heterocycles. The molecule has 0 amide bonds. The topological polar surface area (TPSA) is 33.7 Å². The molecule has 1 aromatic rings. The molecule has 1 aromatic carbocycles. The van der Waals surface area contributed by atoms with Crippen LogP contribution in [0.4, 0.5) is 0 Å². The van der Waals surface area contributed by atoms with E-state index in [-0.39, 0.29) is 30.2 Å². The molecule has 23 heavy (non-hydrogen) atoms. The van der Waals surface area contributed by atoms with E-state index < -0.39 is 0 Å². The standard InChI is InChI=1S/C16H23BrN2O2.2ClH/c1-16(2,3)15(19-6-4-18-5-7-19)11-8-13-14(9-12(11)17)21-10-20-13;;/h8-9,15,18H,4-7,10H2,1-3H3;2*1H/t15-;;/m0../s1. The first-order valence-corrected chi connectivity index (χ1v) is 8.30. The van der Waals surface area contributed by atoms with Crippen molar-refractivity contribution in [3.05, 3.63) is 22.2 Å². The van der Waals surface area contributed by atoms with Gasteiger partial charge in [0.2, 0.25) is 6.79 Å². The molecular formula is C16H25BrCl2N2O2. The zero-order valence-corrected chi connectivity index (χ0v) is 16.9. The van der Waals surface area contributed by atoms with Crippen molar-refractivity contribution in [3.63, 3.8) is 0 Å². The summed E-state index contributed by atoms with van der Waals surface area (Å²) in [6, 6.07) is 4.53. The fraction of sp³-hybridized carbons (Fsp3) is 0.625. The fourth-order valence-electron chi connectivity index (χ4n) is 3.29. The Morgan fingerprint density at radius 2 is 1.65 bits per heavy atom. The van der Waals surface area contributed by atoms with Gasteiger partial charge in [-0.1, -0.05) is 36.7 Å². The molecule has 132 valence electrons. The molecule has 7 heteroatoms. The number of nitrogens with one attached hydrogen (secondary N) is 1. The average molecular weight is 428 g/mol. The summed E-state index contributed by atoms with van der Waals surface area (Å²) < 4.78 is 12.1. The monoisotopic (exact) mass is 426 g/mol. The number of benzene rings is 1. The normalized spacial score (nSPS) is 18.8. The first-order valence-electron chi connectivity index (χ1n) is 7.50. The van der Waals surface area contributed by atoms with Crippen LogP contribution in [0.25, 0.3) is 0 Å². The van der Waals surface area contributed by atoms with Crippen molar-refractivity contribution >= 4 is 40.7 Å². The molecule has 3 rings (SSSR count). The summed E-state index contributed by atoms with van der Waals surface area (Å²) in [6.45, 7) is 11.5. The van der Waals surface area contributed by atoms with Gasteiger partial charge in [0.15, 0.2) is 11.5 Å². The highest BCUT2D eigenvalue weighted by atomic mass is 79.9. The van der Waals surface area contributed by atoms with E-state index in [0.29, 0.717) is 12.8 Å². The maximum absolute atomic E-state index is 5.57. The molecule has 0 radical (unpaired) electrons. The molecule has 0 saturated carbocycles. The fourth-order valence-corrected chi connectivity index (χ4v) is 3.83. The smallest absolute Gasteiger partial charge is 0.231 e. The summed E-state index contributed by atoms with van der Waals surface area (Å²) in [6.07, 6.45) is 0. The number of fused-ring (bicyclic) bond motifs is 1. The lowest BCUT2D eigenvalue weighted by atomic mass is 9.81. The van der Waals surface area contributed by atoms with E-state index in [2.05, 4.69) is 53.0 Å². The summed E-state index contributed by atoms with van der Waals surface area (Å²) in [5.74, 6) is 1.69. The van der Waals surface area contributed by atoms with Crippen molar-refractivity contribution in [3.8, 4) is 11.5 Å². The largest absolute Gasteiger partial charge is 0.454 e. The predicted octanol–water partition coefficient (Wildman–Crippen LogP) is 4.01. The molecule has 0 aliphatic carbocycles. The molecule has 0 bridgehead atoms. The summed E-state index contributed by atoms with van der Waals surface area (Å²) >= 11 is 3.73. The number of nitrogens with zero attached hydrogens (tertiary/aromatic N) is 1. The van der Waals surface area contributed by atoms with Gasteiger partial charge in [-0.2, -0.15) is 0 Å². The first kappa shape index (κ1) is 20.8. The third kappa shape index (κ3) is 4.45. The molecule has 2 aliphatic heterocycles. The minimum atomic E-state index is 0. The third-order valence-electron chi connectivity index (χ3n) is 4.12. The second-order valence-corrected chi connectivity index (χ2v) is 7.64. The van der Waals surface area contributed by atoms with Crippen LogP contribution in [0, 0.1) is 5.41 Å². The highest BCUT2D eigenvalue weighted by Gasteiger charge is 2.35. The number of piperazine rings is 1. The SMILES string of the molecule is CC(C)(C)[C@H](c1cc2c(cc1Br)OCO2)N1CCNCC1.Cl.Cl. The van der Waals surface area contributed by atoms with Gasteiger partial charge in [-0.25, -0.2) is 0 Å². The van der Waals surface area contributed by atoms with Crippen molar-refractivity contribution in [1.29, 1.82) is 0 Å². The van der Waals surface area contributed by atoms with Gasteiger partial charge in [-0.05, 0) is 23.1 Å². The number of ether oxygens (including phenoxy) is 2. The van der Waals surface area contributed by atoms with Crippen LogP contribution in [-0.4, -0.2) is 37.9 Å². The molecule has 1 fully saturated rings. The second-order valence-electron chi connectivity index (χ2n) is 6.78. The molecule has 1 N–H and O–H groups in total. The summed E-state index contributed by atoms with van der Waals surface area (Å²) in [4.78, 5) is 2.57. The van der Waals surface area contributed by atoms with Crippen LogP contribution in [0.2, 0.25) is 0 Å². The highest BCUT2D eigenvalue weighted by molar-refractivity contribution is 9.10. The van der Waals surface area contributed by atoms with Gasteiger partial charge in [0.1, 0.15) is 0 Å². The van der Waals surface area contributed by atoms with Crippen LogP contribution < -0.4 is 14.8 Å². The molecule has 0 unspecified atom stereocenters. The summed E-state index contributed by atoms with van der Waals surface area (Å²) in [5, 5.41) is 3.43. The van der Waals surface area contributed by atoms with Crippen LogP contribution in [0.15, 0.2) is 16.6 Å². The Morgan fingerprint density at radius 3 is 2.22 bits per heavy atom. The van der Waals surface area contributed by atoms with E-state index in [0.717, 1.165) is 42.2 Å². The van der Waals surface area contributed by atoms with E-state index in [4.69, 9.17) is 9.47 Å². The van der Waals surface area contributed by atoms with E-state index in [9.17, 15) is 0 Å². The van der Waals surface area contributed by atoms with Crippen molar-refractivity contribution in [2.75, 3.05) is 33.0 Å². The van der Waals surface area contributed by atoms with Crippen LogP contribution in [0.5, 0.6) is 11.5 Å². The molecule has 1 atom stereocenters. The molecule has 0 spiro atoms. The first-order chi connectivity index (χ1) is 9.97. The second kappa shape index (κ2) is 8.26. The lowest BCUT2D eigenvalue weighted by molar-refractivity contribution is 0.0855. The van der Waals surface area contributed by atoms with Crippen LogP contribution in [0.3, 0.4) is 0 Å². The average Bonchev–Trinajstić information content (AvgIpc) is 2.86. The predicted molar refractivity (Wildman–Crippen MR) is 101 cm³/mol. The molecular weight excluding hydrogens is 403 g/mol. The lowest BCUT2D eigenvalue weighted by Gasteiger charge is -2.43. The zero-order chi connectivity index (χ0) is 15.0. The van der Waals surface area contributed by atoms with Gasteiger partial charge in [0.25, 0.3) is 0 Å².